The van der Waals surface area contributed by atoms with E-state index in [9.17, 15) is 24.6 Å². The predicted octanol–water partition coefficient (Wildman–Crippen LogP) is 2.71. The monoisotopic (exact) mass is 872 g/mol. The number of allylic oxidation sites excluding steroid dienone is 1. The van der Waals surface area contributed by atoms with Crippen LogP contribution in [-0.2, 0) is 61.4 Å². The van der Waals surface area contributed by atoms with Gasteiger partial charge in [-0.15, -0.1) is 0 Å². The molecule has 9 bridgehead atoms. The van der Waals surface area contributed by atoms with Gasteiger partial charge in [0, 0.05) is 41.9 Å². The molecule has 3 spiro atoms. The molecule has 0 saturated carbocycles. The summed E-state index contributed by atoms with van der Waals surface area (Å²) in [5.41, 5.74) is -1.65. The maximum absolute atomic E-state index is 14.9. The summed E-state index contributed by atoms with van der Waals surface area (Å²) in [5.74, 6) is -6.76. The van der Waals surface area contributed by atoms with Gasteiger partial charge >= 0.3 is 54.4 Å². The first-order valence-electron chi connectivity index (χ1n) is 22.8. The number of rotatable bonds is 4. The normalized spacial score (nSPS) is 46.0. The van der Waals surface area contributed by atoms with Crippen molar-refractivity contribution in [2.45, 2.75) is 225 Å². The third-order valence-corrected chi connectivity index (χ3v) is 15.0. The fourth-order valence-electron chi connectivity index (χ4n) is 10.5. The minimum absolute atomic E-state index is 0. The predicted molar refractivity (Wildman–Crippen MR) is 215 cm³/mol. The van der Waals surface area contributed by atoms with E-state index >= 15 is 0 Å². The van der Waals surface area contributed by atoms with Crippen LogP contribution in [0.2, 0.25) is 0 Å². The summed E-state index contributed by atoms with van der Waals surface area (Å²) in [7, 11) is 0. The minimum Gasteiger partial charge on any atom is -0.504 e. The van der Waals surface area contributed by atoms with E-state index in [0.717, 1.165) is 0 Å². The topological polar surface area (TPSA) is 184 Å². The molecule has 0 amide bonds. The molecule has 7 aliphatic rings. The second-order valence-electron chi connectivity index (χ2n) is 19.9. The van der Waals surface area contributed by atoms with Crippen molar-refractivity contribution in [3.05, 3.63) is 12.2 Å². The average molecular weight is 873 g/mol. The van der Waals surface area contributed by atoms with E-state index in [1.165, 1.54) is 0 Å². The second-order valence-corrected chi connectivity index (χ2v) is 19.9. The van der Waals surface area contributed by atoms with E-state index in [1.54, 1.807) is 6.92 Å². The number of esters is 3. The SMILES string of the molecule is CCCC(=O)O[C@H](C)[C@@H]1C/C=C\CC[C@H](O)C(C)(C)[C@@H]2CC[C@@H](C)[C@]3(O2)O[B-]24O[C@@H](C(=O)O1)[C@@]1(O[C@@H](CC[C@H]1C)C(C)(C)[C@H](O)CCC[C@@H]1C[C@H](OC(=O)[C@@H]3O2)[C@@H](C)O1)O4.[Na+]. The van der Waals surface area contributed by atoms with Gasteiger partial charge in [0.1, 0.15) is 18.3 Å². The molecular formula is C44H70BNaO15. The fraction of sp³-hybridized carbons (Fsp3) is 0.886. The van der Waals surface area contributed by atoms with Gasteiger partial charge in [0.2, 0.25) is 0 Å². The quantitative estimate of drug-likeness (QED) is 0.182. The number of hydrogen-bond acceptors (Lipinski definition) is 15. The number of carbonyl (C=O) groups excluding carboxylic acids is 3. The van der Waals surface area contributed by atoms with E-state index in [1.807, 2.05) is 67.5 Å². The van der Waals surface area contributed by atoms with Gasteiger partial charge in [-0.3, -0.25) is 4.79 Å². The Labute approximate surface area is 383 Å². The molecule has 6 saturated heterocycles. The van der Waals surface area contributed by atoms with E-state index in [0.29, 0.717) is 70.6 Å². The van der Waals surface area contributed by atoms with E-state index < -0.39 is 120 Å². The number of cyclic esters (lactones) is 1. The molecular weight excluding hydrogens is 802 g/mol. The van der Waals surface area contributed by atoms with Crippen LogP contribution in [0.5, 0.6) is 0 Å². The van der Waals surface area contributed by atoms with Gasteiger partial charge in [-0.05, 0) is 78.1 Å². The first-order chi connectivity index (χ1) is 28.3. The summed E-state index contributed by atoms with van der Waals surface area (Å²) in [5, 5.41) is 23.5. The molecule has 0 aromatic rings. The molecule has 0 aliphatic carbocycles. The Balaban J connectivity index is 0.00000622. The van der Waals surface area contributed by atoms with Crippen LogP contribution in [0.15, 0.2) is 12.2 Å². The summed E-state index contributed by atoms with van der Waals surface area (Å²) in [4.78, 5) is 42.4. The zero-order valence-electron chi connectivity index (χ0n) is 38.1. The van der Waals surface area contributed by atoms with Gasteiger partial charge in [0.25, 0.3) is 0 Å². The van der Waals surface area contributed by atoms with Crippen molar-refractivity contribution in [2.75, 3.05) is 0 Å². The summed E-state index contributed by atoms with van der Waals surface area (Å²) >= 11 is 0. The Hall–Kier alpha value is -1.15. The minimum atomic E-state index is -3.50. The van der Waals surface area contributed by atoms with Crippen molar-refractivity contribution in [3.63, 3.8) is 0 Å². The number of aliphatic hydroxyl groups excluding tert-OH is 2. The molecule has 0 aromatic carbocycles. The van der Waals surface area contributed by atoms with Crippen LogP contribution in [0.4, 0.5) is 0 Å². The first kappa shape index (κ1) is 49.3. The number of carbonyl (C=O) groups is 3. The molecule has 7 aliphatic heterocycles. The molecule has 2 N–H and O–H groups in total. The van der Waals surface area contributed by atoms with Crippen LogP contribution in [0.25, 0.3) is 0 Å². The Kier molecular flexibility index (Phi) is 15.3. The number of aliphatic hydroxyl groups is 2. The van der Waals surface area contributed by atoms with Gasteiger partial charge in [0.15, 0.2) is 23.8 Å². The Morgan fingerprint density at radius 3 is 1.95 bits per heavy atom. The molecule has 61 heavy (non-hydrogen) atoms. The molecule has 0 radical (unpaired) electrons. The molecule has 340 valence electrons. The summed E-state index contributed by atoms with van der Waals surface area (Å²) in [6, 6.07) is 0. The van der Waals surface area contributed by atoms with E-state index in [2.05, 4.69) is 0 Å². The molecule has 17 heteroatoms. The number of ether oxygens (including phenoxy) is 6. The maximum atomic E-state index is 14.9. The van der Waals surface area contributed by atoms with Gasteiger partial charge in [0.05, 0.1) is 36.6 Å². The Morgan fingerprint density at radius 1 is 0.820 bits per heavy atom. The van der Waals surface area contributed by atoms with Crippen molar-refractivity contribution in [2.24, 2.45) is 22.7 Å². The standard InChI is InChI=1S/C44H70BO15.Na/c1-10-15-36(48)52-27(4)30-17-12-11-13-18-32(46)41(6,7)34-22-20-26(3)44(55-34)38-40(50)54-31-24-29(51-28(31)5)16-14-19-33(47)42(8,9)35-23-21-25(2)43(56-35)37(39(49)53-30)57-45(58-38,59-43)60-44;/h11-12,25-35,37-38,46-47H,10,13-24H2,1-9H3;/q-1;+1/b12-11-;/t25-,26-,27-,28-,29-,30+,31+,32+,33-,34+,35+,37+,38+,43+,44+,45?;/m1./s1. The third-order valence-electron chi connectivity index (χ3n) is 15.0. The Bertz CT molecular complexity index is 1610. The van der Waals surface area contributed by atoms with Crippen molar-refractivity contribution >= 4 is 24.9 Å². The summed E-state index contributed by atoms with van der Waals surface area (Å²) in [6.45, 7) is 13.5. The zero-order valence-corrected chi connectivity index (χ0v) is 40.1. The number of hydrogen-bond donors (Lipinski definition) is 2. The van der Waals surface area contributed by atoms with Crippen molar-refractivity contribution in [1.29, 1.82) is 0 Å². The van der Waals surface area contributed by atoms with Crippen LogP contribution >= 0.6 is 0 Å². The van der Waals surface area contributed by atoms with Crippen molar-refractivity contribution < 1.29 is 101 Å². The first-order valence-corrected chi connectivity index (χ1v) is 22.8. The summed E-state index contributed by atoms with van der Waals surface area (Å²) in [6.07, 6.45) is 0.998. The zero-order chi connectivity index (χ0) is 43.4. The van der Waals surface area contributed by atoms with Gasteiger partial charge < -0.3 is 57.3 Å². The van der Waals surface area contributed by atoms with Crippen molar-refractivity contribution in [3.8, 4) is 0 Å². The van der Waals surface area contributed by atoms with Crippen LogP contribution in [0, 0.1) is 22.7 Å². The number of fused-ring (bicyclic) bond motifs is 6. The molecule has 6 fully saturated rings. The molecule has 0 aromatic heterocycles. The largest absolute Gasteiger partial charge is 1.00 e. The molecule has 16 atom stereocenters. The average Bonchev–Trinajstić information content (AvgIpc) is 3.81. The van der Waals surface area contributed by atoms with Crippen LogP contribution in [0.3, 0.4) is 0 Å². The maximum Gasteiger partial charge on any atom is 1.00 e. The van der Waals surface area contributed by atoms with Crippen LogP contribution in [-0.4, -0.2) is 114 Å². The van der Waals surface area contributed by atoms with Crippen LogP contribution < -0.4 is 29.6 Å². The third kappa shape index (κ3) is 9.45. The summed E-state index contributed by atoms with van der Waals surface area (Å²) < 4.78 is 65.8. The van der Waals surface area contributed by atoms with Crippen molar-refractivity contribution in [1.82, 2.24) is 0 Å². The molecule has 1 unspecified atom stereocenters. The van der Waals surface area contributed by atoms with Gasteiger partial charge in [-0.25, -0.2) is 9.59 Å². The molecule has 7 heterocycles. The van der Waals surface area contributed by atoms with Gasteiger partial charge in [-0.1, -0.05) is 60.6 Å². The Morgan fingerprint density at radius 2 is 1.38 bits per heavy atom. The molecule has 15 nitrogen and oxygen atoms in total. The fourth-order valence-corrected chi connectivity index (χ4v) is 10.5. The van der Waals surface area contributed by atoms with Crippen LogP contribution in [0.1, 0.15) is 146 Å². The second kappa shape index (κ2) is 19.0. The van der Waals surface area contributed by atoms with Gasteiger partial charge in [-0.2, -0.15) is 0 Å². The van der Waals surface area contributed by atoms with E-state index in [-0.39, 0.29) is 48.5 Å². The smallest absolute Gasteiger partial charge is 0.504 e. The molecule has 7 rings (SSSR count). The van der Waals surface area contributed by atoms with E-state index in [4.69, 9.17) is 47.0 Å².